The van der Waals surface area contributed by atoms with Crippen LogP contribution in [0.1, 0.15) is 5.56 Å². The maximum atomic E-state index is 12.2. The number of halogens is 2. The maximum Gasteiger partial charge on any atom is 0.289 e. The molecule has 0 heterocycles. The van der Waals surface area contributed by atoms with Crippen molar-refractivity contribution < 1.29 is 9.72 Å². The van der Waals surface area contributed by atoms with Gasteiger partial charge in [-0.25, -0.2) is 0 Å². The molecular formula is C17H12ClIN4O3. The quantitative estimate of drug-likeness (QED) is 0.213. The van der Waals surface area contributed by atoms with Crippen molar-refractivity contribution in [3.05, 3.63) is 72.4 Å². The van der Waals surface area contributed by atoms with Crippen molar-refractivity contribution in [2.45, 2.75) is 6.92 Å². The van der Waals surface area contributed by atoms with Crippen molar-refractivity contribution in [1.82, 2.24) is 0 Å². The van der Waals surface area contributed by atoms with Crippen molar-refractivity contribution in [3.63, 3.8) is 0 Å². The van der Waals surface area contributed by atoms with Crippen molar-refractivity contribution in [3.8, 4) is 6.07 Å². The van der Waals surface area contributed by atoms with Gasteiger partial charge < -0.3 is 10.6 Å². The fourth-order valence-corrected chi connectivity index (χ4v) is 2.85. The van der Waals surface area contributed by atoms with Crippen molar-refractivity contribution in [2.24, 2.45) is 0 Å². The number of nitro groups is 1. The largest absolute Gasteiger partial charge is 0.360 e. The minimum Gasteiger partial charge on any atom is -0.360 e. The summed E-state index contributed by atoms with van der Waals surface area (Å²) in [5, 5.41) is 25.4. The number of hydrogen-bond donors (Lipinski definition) is 2. The summed E-state index contributed by atoms with van der Waals surface area (Å²) in [4.78, 5) is 22.5. The first-order valence-corrected chi connectivity index (χ1v) is 8.65. The fraction of sp³-hybridized carbons (Fsp3) is 0.0588. The van der Waals surface area contributed by atoms with E-state index in [0.717, 1.165) is 20.9 Å². The minimum atomic E-state index is -0.695. The van der Waals surface area contributed by atoms with Crippen LogP contribution >= 0.6 is 34.2 Å². The normalized spacial score (nSPS) is 10.8. The molecule has 1 amide bonds. The van der Waals surface area contributed by atoms with Gasteiger partial charge in [0.1, 0.15) is 16.7 Å². The highest BCUT2D eigenvalue weighted by molar-refractivity contribution is 14.1. The van der Waals surface area contributed by atoms with E-state index in [-0.39, 0.29) is 22.0 Å². The second kappa shape index (κ2) is 8.64. The molecule has 26 heavy (non-hydrogen) atoms. The van der Waals surface area contributed by atoms with E-state index in [9.17, 15) is 20.2 Å². The van der Waals surface area contributed by atoms with Crippen molar-refractivity contribution >= 4 is 57.2 Å². The van der Waals surface area contributed by atoms with Gasteiger partial charge in [-0.1, -0.05) is 11.6 Å². The number of hydrogen-bond acceptors (Lipinski definition) is 5. The molecule has 0 atom stereocenters. The predicted octanol–water partition coefficient (Wildman–Crippen LogP) is 4.62. The van der Waals surface area contributed by atoms with E-state index in [2.05, 4.69) is 33.2 Å². The summed E-state index contributed by atoms with van der Waals surface area (Å²) < 4.78 is 1.07. The van der Waals surface area contributed by atoms with Gasteiger partial charge in [0.25, 0.3) is 11.6 Å². The van der Waals surface area contributed by atoms with Crippen LogP contribution in [-0.4, -0.2) is 10.8 Å². The second-order valence-electron chi connectivity index (χ2n) is 5.15. The lowest BCUT2D eigenvalue weighted by molar-refractivity contribution is -0.384. The summed E-state index contributed by atoms with van der Waals surface area (Å²) in [7, 11) is 0. The molecule has 2 aromatic rings. The van der Waals surface area contributed by atoms with Crippen LogP contribution in [0.5, 0.6) is 0 Å². The lowest BCUT2D eigenvalue weighted by Crippen LogP contribution is -2.14. The summed E-state index contributed by atoms with van der Waals surface area (Å²) in [5.74, 6) is -0.695. The number of nitrogens with zero attached hydrogens (tertiary/aromatic N) is 2. The predicted molar refractivity (Wildman–Crippen MR) is 108 cm³/mol. The first-order chi connectivity index (χ1) is 12.3. The zero-order valence-corrected chi connectivity index (χ0v) is 16.3. The van der Waals surface area contributed by atoms with Gasteiger partial charge in [0.05, 0.1) is 4.92 Å². The van der Waals surface area contributed by atoms with Crippen molar-refractivity contribution in [1.29, 1.82) is 5.26 Å². The van der Waals surface area contributed by atoms with Gasteiger partial charge in [-0.05, 0) is 65.4 Å². The first kappa shape index (κ1) is 19.7. The van der Waals surface area contributed by atoms with E-state index < -0.39 is 10.8 Å². The third-order valence-electron chi connectivity index (χ3n) is 3.33. The van der Waals surface area contributed by atoms with Crippen LogP contribution in [0.3, 0.4) is 0 Å². The van der Waals surface area contributed by atoms with Crippen molar-refractivity contribution in [2.75, 3.05) is 10.6 Å². The number of carbonyl (C=O) groups excluding carboxylic acids is 1. The zero-order chi connectivity index (χ0) is 19.3. The van der Waals surface area contributed by atoms with Gasteiger partial charge in [-0.15, -0.1) is 0 Å². The van der Waals surface area contributed by atoms with Crippen LogP contribution < -0.4 is 10.6 Å². The van der Waals surface area contributed by atoms with Crippen LogP contribution in [0.2, 0.25) is 5.02 Å². The molecule has 9 heteroatoms. The van der Waals surface area contributed by atoms with E-state index in [0.29, 0.717) is 0 Å². The number of nitriles is 1. The van der Waals surface area contributed by atoms with Crippen LogP contribution in [-0.2, 0) is 4.79 Å². The molecule has 0 spiro atoms. The number of amides is 1. The molecular weight excluding hydrogens is 471 g/mol. The molecule has 0 saturated heterocycles. The van der Waals surface area contributed by atoms with Gasteiger partial charge in [0, 0.05) is 27.2 Å². The Labute approximate surface area is 167 Å². The Hall–Kier alpha value is -2.64. The van der Waals surface area contributed by atoms with Gasteiger partial charge in [-0.3, -0.25) is 14.9 Å². The molecule has 0 bridgehead atoms. The van der Waals surface area contributed by atoms with Crippen LogP contribution in [0, 0.1) is 31.9 Å². The highest BCUT2D eigenvalue weighted by Gasteiger charge is 2.15. The number of nitrogens with one attached hydrogen (secondary N) is 2. The summed E-state index contributed by atoms with van der Waals surface area (Å²) in [5.41, 5.74) is 1.37. The highest BCUT2D eigenvalue weighted by atomic mass is 127. The molecule has 0 aliphatic heterocycles. The van der Waals surface area contributed by atoms with Crippen LogP contribution in [0.25, 0.3) is 0 Å². The Morgan fingerprint density at radius 1 is 1.35 bits per heavy atom. The highest BCUT2D eigenvalue weighted by Crippen LogP contribution is 2.27. The standard InChI is InChI=1S/C17H12ClIN4O3/c1-10-6-12(19)2-5-15(10)21-9-11(8-20)17(24)22-13-3-4-14(18)16(7-13)23(25)26/h2-7,9,21H,1H3,(H,22,24)/b11-9-. The smallest absolute Gasteiger partial charge is 0.289 e. The molecule has 0 unspecified atom stereocenters. The monoisotopic (exact) mass is 482 g/mol. The van der Waals surface area contributed by atoms with Gasteiger partial charge in [0.15, 0.2) is 0 Å². The third-order valence-corrected chi connectivity index (χ3v) is 4.32. The average Bonchev–Trinajstić information content (AvgIpc) is 2.58. The summed E-state index contributed by atoms with van der Waals surface area (Å²) in [6, 6.07) is 11.3. The average molecular weight is 483 g/mol. The van der Waals surface area contributed by atoms with E-state index in [4.69, 9.17) is 11.6 Å². The minimum absolute atomic E-state index is 0.0418. The Balaban J connectivity index is 2.17. The lowest BCUT2D eigenvalue weighted by Gasteiger charge is -2.08. The van der Waals surface area contributed by atoms with E-state index >= 15 is 0 Å². The second-order valence-corrected chi connectivity index (χ2v) is 6.80. The van der Waals surface area contributed by atoms with Gasteiger partial charge in [0.2, 0.25) is 0 Å². The van der Waals surface area contributed by atoms with Gasteiger partial charge >= 0.3 is 0 Å². The molecule has 7 nitrogen and oxygen atoms in total. The number of carbonyl (C=O) groups is 1. The zero-order valence-electron chi connectivity index (χ0n) is 13.4. The molecule has 0 radical (unpaired) electrons. The van der Waals surface area contributed by atoms with Gasteiger partial charge in [-0.2, -0.15) is 5.26 Å². The molecule has 2 aromatic carbocycles. The van der Waals surface area contributed by atoms with E-state index in [1.54, 1.807) is 6.07 Å². The molecule has 0 saturated carbocycles. The first-order valence-electron chi connectivity index (χ1n) is 7.20. The summed E-state index contributed by atoms with van der Waals surface area (Å²) in [6.45, 7) is 1.90. The lowest BCUT2D eigenvalue weighted by atomic mass is 10.2. The summed E-state index contributed by atoms with van der Waals surface area (Å²) >= 11 is 7.92. The Morgan fingerprint density at radius 2 is 2.08 bits per heavy atom. The van der Waals surface area contributed by atoms with E-state index in [1.165, 1.54) is 18.3 Å². The van der Waals surface area contributed by atoms with E-state index in [1.807, 2.05) is 25.1 Å². The molecule has 132 valence electrons. The molecule has 0 aromatic heterocycles. The molecule has 2 N–H and O–H groups in total. The van der Waals surface area contributed by atoms with Crippen LogP contribution in [0.4, 0.5) is 17.1 Å². The molecule has 0 fully saturated rings. The number of benzene rings is 2. The number of nitro benzene ring substituents is 1. The number of rotatable bonds is 5. The Morgan fingerprint density at radius 3 is 2.69 bits per heavy atom. The maximum absolute atomic E-state index is 12.2. The Kier molecular flexibility index (Phi) is 6.54. The Bertz CT molecular complexity index is 954. The number of anilines is 2. The fourth-order valence-electron chi connectivity index (χ4n) is 2.02. The molecule has 0 aliphatic carbocycles. The SMILES string of the molecule is Cc1cc(I)ccc1N/C=C(/C#N)C(=O)Nc1ccc(Cl)c([N+](=O)[O-])c1. The summed E-state index contributed by atoms with van der Waals surface area (Å²) in [6.07, 6.45) is 1.29. The molecule has 2 rings (SSSR count). The topological polar surface area (TPSA) is 108 Å². The third kappa shape index (κ3) is 4.93. The van der Waals surface area contributed by atoms with Crippen LogP contribution in [0.15, 0.2) is 48.2 Å². The molecule has 0 aliphatic rings. The number of aryl methyl sites for hydroxylation is 1.